The zero-order valence-corrected chi connectivity index (χ0v) is 11.6. The smallest absolute Gasteiger partial charge is 0.179 e. The second-order valence-corrected chi connectivity index (χ2v) is 6.63. The van der Waals surface area contributed by atoms with Crippen molar-refractivity contribution in [3.63, 3.8) is 0 Å². The molecule has 1 atom stereocenters. The van der Waals surface area contributed by atoms with Gasteiger partial charge in [-0.25, -0.2) is 8.42 Å². The first kappa shape index (κ1) is 13.4. The Morgan fingerprint density at radius 3 is 2.89 bits per heavy atom. The molecule has 0 fully saturated rings. The van der Waals surface area contributed by atoms with Crippen molar-refractivity contribution in [3.8, 4) is 5.75 Å². The molecule has 0 amide bonds. The van der Waals surface area contributed by atoms with Gasteiger partial charge in [0.1, 0.15) is 5.75 Å². The molecule has 100 valence electrons. The zero-order chi connectivity index (χ0) is 13.2. The van der Waals surface area contributed by atoms with Gasteiger partial charge in [-0.15, -0.1) is 0 Å². The topological polar surface area (TPSA) is 55.4 Å². The van der Waals surface area contributed by atoms with Crippen molar-refractivity contribution in [2.24, 2.45) is 0 Å². The fourth-order valence-electron chi connectivity index (χ4n) is 2.46. The van der Waals surface area contributed by atoms with Crippen LogP contribution in [0.5, 0.6) is 5.75 Å². The number of benzene rings is 1. The minimum absolute atomic E-state index is 0.105. The molecule has 1 aromatic carbocycles. The van der Waals surface area contributed by atoms with E-state index in [9.17, 15) is 8.42 Å². The Balaban J connectivity index is 2.28. The van der Waals surface area contributed by atoms with Crippen LogP contribution in [0.4, 0.5) is 0 Å². The lowest BCUT2D eigenvalue weighted by Gasteiger charge is -2.10. The second-order valence-electron chi connectivity index (χ2n) is 4.63. The molecule has 1 aliphatic heterocycles. The highest BCUT2D eigenvalue weighted by atomic mass is 32.2. The van der Waals surface area contributed by atoms with Gasteiger partial charge in [-0.2, -0.15) is 0 Å². The molecule has 0 bridgehead atoms. The molecule has 1 N–H and O–H groups in total. The Labute approximate surface area is 108 Å². The molecule has 0 aromatic heterocycles. The minimum Gasteiger partial charge on any atom is -0.497 e. The molecule has 1 aromatic rings. The Hall–Kier alpha value is -1.07. The first-order chi connectivity index (χ1) is 8.58. The van der Waals surface area contributed by atoms with Crippen LogP contribution >= 0.6 is 0 Å². The van der Waals surface area contributed by atoms with Gasteiger partial charge in [0.25, 0.3) is 0 Å². The molecule has 18 heavy (non-hydrogen) atoms. The van der Waals surface area contributed by atoms with E-state index in [2.05, 4.69) is 5.32 Å². The molecule has 0 saturated heterocycles. The Kier molecular flexibility index (Phi) is 3.92. The van der Waals surface area contributed by atoms with E-state index in [0.717, 1.165) is 30.7 Å². The van der Waals surface area contributed by atoms with Gasteiger partial charge >= 0.3 is 0 Å². The molecule has 1 heterocycles. The van der Waals surface area contributed by atoms with Crippen LogP contribution in [0.25, 0.3) is 0 Å². The zero-order valence-electron chi connectivity index (χ0n) is 10.8. The van der Waals surface area contributed by atoms with E-state index in [0.29, 0.717) is 4.90 Å². The van der Waals surface area contributed by atoms with Crippen molar-refractivity contribution >= 4 is 9.84 Å². The third kappa shape index (κ3) is 2.52. The van der Waals surface area contributed by atoms with Gasteiger partial charge < -0.3 is 10.1 Å². The largest absolute Gasteiger partial charge is 0.497 e. The van der Waals surface area contributed by atoms with Crippen molar-refractivity contribution in [2.75, 3.05) is 26.5 Å². The summed E-state index contributed by atoms with van der Waals surface area (Å²) in [7, 11) is 0.411. The van der Waals surface area contributed by atoms with E-state index >= 15 is 0 Å². The van der Waals surface area contributed by atoms with E-state index in [1.807, 2.05) is 13.1 Å². The van der Waals surface area contributed by atoms with Gasteiger partial charge in [0.15, 0.2) is 9.84 Å². The van der Waals surface area contributed by atoms with E-state index in [-0.39, 0.29) is 11.7 Å². The Morgan fingerprint density at radius 1 is 1.44 bits per heavy atom. The third-order valence-electron chi connectivity index (χ3n) is 3.39. The van der Waals surface area contributed by atoms with Crippen LogP contribution in [0, 0.1) is 0 Å². The maximum Gasteiger partial charge on any atom is 0.179 e. The predicted octanol–water partition coefficient (Wildman–Crippen LogP) is 1.57. The molecule has 0 radical (unpaired) electrons. The minimum atomic E-state index is -3.09. The van der Waals surface area contributed by atoms with Crippen LogP contribution < -0.4 is 10.1 Å². The van der Waals surface area contributed by atoms with Crippen LogP contribution in [0.3, 0.4) is 0 Å². The number of hydrogen-bond donors (Lipinski definition) is 1. The van der Waals surface area contributed by atoms with Crippen LogP contribution in [-0.2, 0) is 9.84 Å². The van der Waals surface area contributed by atoms with Gasteiger partial charge in [0.2, 0.25) is 0 Å². The molecule has 0 saturated carbocycles. The first-order valence-electron chi connectivity index (χ1n) is 6.14. The quantitative estimate of drug-likeness (QED) is 0.824. The number of nitrogens with one attached hydrogen (secondary N) is 1. The van der Waals surface area contributed by atoms with Crippen molar-refractivity contribution in [2.45, 2.75) is 23.7 Å². The molecule has 2 rings (SSSR count). The van der Waals surface area contributed by atoms with Gasteiger partial charge in [0.05, 0.1) is 17.8 Å². The maximum atomic E-state index is 12.0. The summed E-state index contributed by atoms with van der Waals surface area (Å²) >= 11 is 0. The molecule has 0 aliphatic carbocycles. The van der Waals surface area contributed by atoms with Gasteiger partial charge in [-0.3, -0.25) is 0 Å². The van der Waals surface area contributed by atoms with Crippen molar-refractivity contribution < 1.29 is 13.2 Å². The number of fused-ring (bicyclic) bond motifs is 1. The lowest BCUT2D eigenvalue weighted by atomic mass is 9.96. The molecule has 4 nitrogen and oxygen atoms in total. The summed E-state index contributed by atoms with van der Waals surface area (Å²) in [6, 6.07) is 5.25. The SMILES string of the molecule is CNCCCC1CS(=O)(=O)c2ccc(OC)cc21. The first-order valence-corrected chi connectivity index (χ1v) is 7.79. The van der Waals surface area contributed by atoms with Gasteiger partial charge in [0, 0.05) is 0 Å². The standard InChI is InChI=1S/C13H19NO3S/c1-14-7-3-4-10-9-18(15,16)13-6-5-11(17-2)8-12(10)13/h5-6,8,10,14H,3-4,7,9H2,1-2H3. The van der Waals surface area contributed by atoms with Crippen molar-refractivity contribution in [1.29, 1.82) is 0 Å². The molecule has 1 aliphatic rings. The summed E-state index contributed by atoms with van der Waals surface area (Å²) in [6.07, 6.45) is 1.87. The fourth-order valence-corrected chi connectivity index (χ4v) is 4.38. The van der Waals surface area contributed by atoms with E-state index in [4.69, 9.17) is 4.74 Å². The maximum absolute atomic E-state index is 12.0. The average Bonchev–Trinajstić information content (AvgIpc) is 2.61. The summed E-state index contributed by atoms with van der Waals surface area (Å²) in [5, 5.41) is 3.08. The normalized spacial score (nSPS) is 20.7. The van der Waals surface area contributed by atoms with Crippen LogP contribution in [0.15, 0.2) is 23.1 Å². The van der Waals surface area contributed by atoms with Crippen LogP contribution in [-0.4, -0.2) is 34.9 Å². The van der Waals surface area contributed by atoms with E-state index in [1.54, 1.807) is 19.2 Å². The highest BCUT2D eigenvalue weighted by Gasteiger charge is 2.34. The molecular weight excluding hydrogens is 250 g/mol. The predicted molar refractivity (Wildman–Crippen MR) is 70.9 cm³/mol. The van der Waals surface area contributed by atoms with Gasteiger partial charge in [-0.05, 0) is 56.1 Å². The van der Waals surface area contributed by atoms with Gasteiger partial charge in [-0.1, -0.05) is 0 Å². The van der Waals surface area contributed by atoms with Crippen molar-refractivity contribution in [1.82, 2.24) is 5.32 Å². The summed E-state index contributed by atoms with van der Waals surface area (Å²) in [4.78, 5) is 0.484. The number of hydrogen-bond acceptors (Lipinski definition) is 4. The lowest BCUT2D eigenvalue weighted by molar-refractivity contribution is 0.413. The number of rotatable bonds is 5. The van der Waals surface area contributed by atoms with E-state index < -0.39 is 9.84 Å². The molecular formula is C13H19NO3S. The van der Waals surface area contributed by atoms with Crippen LogP contribution in [0.2, 0.25) is 0 Å². The summed E-state index contributed by atoms with van der Waals surface area (Å²) in [5.74, 6) is 1.07. The summed E-state index contributed by atoms with van der Waals surface area (Å²) in [5.41, 5.74) is 0.922. The molecule has 1 unspecified atom stereocenters. The Morgan fingerprint density at radius 2 is 2.22 bits per heavy atom. The molecule has 0 spiro atoms. The fraction of sp³-hybridized carbons (Fsp3) is 0.538. The lowest BCUT2D eigenvalue weighted by Crippen LogP contribution is -2.10. The number of ether oxygens (including phenoxy) is 1. The number of methoxy groups -OCH3 is 1. The van der Waals surface area contributed by atoms with Crippen molar-refractivity contribution in [3.05, 3.63) is 23.8 Å². The average molecular weight is 269 g/mol. The van der Waals surface area contributed by atoms with E-state index in [1.165, 1.54) is 0 Å². The summed E-state index contributed by atoms with van der Waals surface area (Å²) in [6.45, 7) is 0.913. The molecule has 5 heteroatoms. The summed E-state index contributed by atoms with van der Waals surface area (Å²) < 4.78 is 29.3. The highest BCUT2D eigenvalue weighted by molar-refractivity contribution is 7.91. The highest BCUT2D eigenvalue weighted by Crippen LogP contribution is 2.39. The second kappa shape index (κ2) is 5.28. The Bertz CT molecular complexity index is 525. The van der Waals surface area contributed by atoms with Crippen LogP contribution in [0.1, 0.15) is 24.3 Å². The number of sulfone groups is 1. The third-order valence-corrected chi connectivity index (χ3v) is 5.27. The monoisotopic (exact) mass is 269 g/mol.